The van der Waals surface area contributed by atoms with Crippen LogP contribution in [0, 0.1) is 0 Å². The van der Waals surface area contributed by atoms with Gasteiger partial charge in [0.2, 0.25) is 0 Å². The van der Waals surface area contributed by atoms with E-state index in [2.05, 4.69) is 0 Å². The molecule has 3 N–H and O–H groups in total. The van der Waals surface area contributed by atoms with Crippen LogP contribution in [0.15, 0.2) is 24.3 Å². The van der Waals surface area contributed by atoms with E-state index < -0.39 is 5.97 Å². The molecule has 0 aromatic heterocycles. The van der Waals surface area contributed by atoms with E-state index in [0.29, 0.717) is 6.42 Å². The molecule has 94 valence electrons. The molecule has 1 aromatic rings. The quantitative estimate of drug-likeness (QED) is 0.791. The fourth-order valence-electron chi connectivity index (χ4n) is 1.58. The number of rotatable bonds is 6. The van der Waals surface area contributed by atoms with Gasteiger partial charge in [0.1, 0.15) is 5.75 Å². The van der Waals surface area contributed by atoms with Crippen LogP contribution in [0.4, 0.5) is 0 Å². The first-order valence-corrected chi connectivity index (χ1v) is 5.70. The first kappa shape index (κ1) is 13.5. The molecule has 0 bridgehead atoms. The van der Waals surface area contributed by atoms with Crippen LogP contribution < -0.4 is 10.5 Å². The zero-order valence-corrected chi connectivity index (χ0v) is 10.2. The minimum absolute atomic E-state index is 0.00968. The molecule has 1 unspecified atom stereocenters. The molecule has 0 saturated carbocycles. The third-order valence-corrected chi connectivity index (χ3v) is 2.23. The number of hydrogen-bond donors (Lipinski definition) is 2. The van der Waals surface area contributed by atoms with Crippen LogP contribution in [0.5, 0.6) is 5.75 Å². The molecule has 0 saturated heterocycles. The molecule has 17 heavy (non-hydrogen) atoms. The van der Waals surface area contributed by atoms with Gasteiger partial charge in [0.15, 0.2) is 0 Å². The van der Waals surface area contributed by atoms with E-state index in [1.54, 1.807) is 0 Å². The van der Waals surface area contributed by atoms with Gasteiger partial charge in [0, 0.05) is 6.04 Å². The molecule has 0 radical (unpaired) electrons. The van der Waals surface area contributed by atoms with Crippen LogP contribution in [0.1, 0.15) is 25.8 Å². The predicted molar refractivity (Wildman–Crippen MR) is 66.1 cm³/mol. The molecule has 0 amide bonds. The maximum atomic E-state index is 10.5. The van der Waals surface area contributed by atoms with Gasteiger partial charge < -0.3 is 15.6 Å². The largest absolute Gasteiger partial charge is 0.491 e. The number of carboxylic acid groups (broad SMARTS) is 1. The van der Waals surface area contributed by atoms with Crippen molar-refractivity contribution >= 4 is 5.97 Å². The molecule has 4 nitrogen and oxygen atoms in total. The van der Waals surface area contributed by atoms with Gasteiger partial charge in [-0.1, -0.05) is 12.1 Å². The van der Waals surface area contributed by atoms with Crippen LogP contribution >= 0.6 is 0 Å². The molecule has 0 aliphatic rings. The number of nitrogens with two attached hydrogens (primary N) is 1. The van der Waals surface area contributed by atoms with Crippen molar-refractivity contribution in [3.63, 3.8) is 0 Å². The lowest BCUT2D eigenvalue weighted by molar-refractivity contribution is -0.137. The Balaban J connectivity index is 2.53. The highest BCUT2D eigenvalue weighted by atomic mass is 16.5. The van der Waals surface area contributed by atoms with Crippen molar-refractivity contribution in [2.75, 3.05) is 0 Å². The van der Waals surface area contributed by atoms with E-state index in [1.165, 1.54) is 0 Å². The summed E-state index contributed by atoms with van der Waals surface area (Å²) in [5.74, 6) is -0.0483. The molecule has 1 rings (SSSR count). The fourth-order valence-corrected chi connectivity index (χ4v) is 1.58. The standard InChI is InChI=1S/C13H19NO3/c1-9(2)17-12-5-3-10(4-6-12)7-11(14)8-13(15)16/h3-6,9,11H,7-8,14H2,1-2H3,(H,15,16). The Morgan fingerprint density at radius 2 is 1.94 bits per heavy atom. The zero-order valence-electron chi connectivity index (χ0n) is 10.2. The second-order valence-electron chi connectivity index (χ2n) is 4.37. The van der Waals surface area contributed by atoms with Gasteiger partial charge in [0.05, 0.1) is 12.5 Å². The first-order chi connectivity index (χ1) is 7.97. The number of hydrogen-bond acceptors (Lipinski definition) is 3. The van der Waals surface area contributed by atoms with E-state index in [4.69, 9.17) is 15.6 Å². The lowest BCUT2D eigenvalue weighted by Gasteiger charge is -2.12. The van der Waals surface area contributed by atoms with E-state index >= 15 is 0 Å². The summed E-state index contributed by atoms with van der Waals surface area (Å²) in [5, 5.41) is 8.61. The molecule has 0 fully saturated rings. The van der Waals surface area contributed by atoms with E-state index in [1.807, 2.05) is 38.1 Å². The minimum atomic E-state index is -0.864. The average Bonchev–Trinajstić information content (AvgIpc) is 2.18. The van der Waals surface area contributed by atoms with E-state index in [0.717, 1.165) is 11.3 Å². The summed E-state index contributed by atoms with van der Waals surface area (Å²) in [6, 6.07) is 7.24. The summed E-state index contributed by atoms with van der Waals surface area (Å²) in [6.07, 6.45) is 0.702. The second-order valence-corrected chi connectivity index (χ2v) is 4.37. The van der Waals surface area contributed by atoms with Crippen molar-refractivity contribution in [1.29, 1.82) is 0 Å². The number of carbonyl (C=O) groups is 1. The SMILES string of the molecule is CC(C)Oc1ccc(CC(N)CC(=O)O)cc1. The van der Waals surface area contributed by atoms with Crippen molar-refractivity contribution in [2.45, 2.75) is 38.8 Å². The third kappa shape index (κ3) is 5.36. The molecule has 0 aliphatic heterocycles. The highest BCUT2D eigenvalue weighted by Crippen LogP contribution is 2.15. The summed E-state index contributed by atoms with van der Waals surface area (Å²) < 4.78 is 5.51. The van der Waals surface area contributed by atoms with E-state index in [9.17, 15) is 4.79 Å². The lowest BCUT2D eigenvalue weighted by Crippen LogP contribution is -2.26. The molecule has 0 spiro atoms. The lowest BCUT2D eigenvalue weighted by atomic mass is 10.0. The second kappa shape index (κ2) is 6.25. The van der Waals surface area contributed by atoms with Crippen LogP contribution in [0.3, 0.4) is 0 Å². The average molecular weight is 237 g/mol. The molecule has 0 heterocycles. The molecule has 1 atom stereocenters. The summed E-state index contributed by atoms with van der Waals surface area (Å²) in [6.45, 7) is 3.94. The van der Waals surface area contributed by atoms with Crippen LogP contribution in [0.25, 0.3) is 0 Å². The van der Waals surface area contributed by atoms with Crippen LogP contribution in [-0.4, -0.2) is 23.2 Å². The van der Waals surface area contributed by atoms with E-state index in [-0.39, 0.29) is 18.6 Å². The number of carboxylic acids is 1. The Labute approximate surface area is 101 Å². The Bertz CT molecular complexity index is 359. The monoisotopic (exact) mass is 237 g/mol. The van der Waals surface area contributed by atoms with Crippen molar-refractivity contribution in [2.24, 2.45) is 5.73 Å². The van der Waals surface area contributed by atoms with Crippen LogP contribution in [0.2, 0.25) is 0 Å². The van der Waals surface area contributed by atoms with Crippen molar-refractivity contribution in [3.8, 4) is 5.75 Å². The Kier molecular flexibility index (Phi) is 4.97. The molecule has 4 heteroatoms. The Morgan fingerprint density at radius 3 is 2.41 bits per heavy atom. The fraction of sp³-hybridized carbons (Fsp3) is 0.462. The number of aliphatic carboxylic acids is 1. The summed E-state index contributed by atoms with van der Waals surface area (Å²) >= 11 is 0. The van der Waals surface area contributed by atoms with Gasteiger partial charge in [0.25, 0.3) is 0 Å². The maximum absolute atomic E-state index is 10.5. The number of benzene rings is 1. The smallest absolute Gasteiger partial charge is 0.304 e. The van der Waals surface area contributed by atoms with Gasteiger partial charge in [-0.15, -0.1) is 0 Å². The highest BCUT2D eigenvalue weighted by Gasteiger charge is 2.08. The normalized spacial score (nSPS) is 12.5. The summed E-state index contributed by atoms with van der Waals surface area (Å²) in [7, 11) is 0. The number of ether oxygens (including phenoxy) is 1. The summed E-state index contributed by atoms with van der Waals surface area (Å²) in [4.78, 5) is 10.5. The third-order valence-electron chi connectivity index (χ3n) is 2.23. The van der Waals surface area contributed by atoms with Crippen LogP contribution in [-0.2, 0) is 11.2 Å². The Morgan fingerprint density at radius 1 is 1.35 bits per heavy atom. The van der Waals surface area contributed by atoms with Gasteiger partial charge in [-0.05, 0) is 38.0 Å². The van der Waals surface area contributed by atoms with Gasteiger partial charge in [-0.25, -0.2) is 0 Å². The zero-order chi connectivity index (χ0) is 12.8. The maximum Gasteiger partial charge on any atom is 0.304 e. The molecular formula is C13H19NO3. The summed E-state index contributed by atoms with van der Waals surface area (Å²) in [5.41, 5.74) is 6.74. The van der Waals surface area contributed by atoms with Crippen molar-refractivity contribution in [1.82, 2.24) is 0 Å². The Hall–Kier alpha value is -1.55. The molecule has 0 aliphatic carbocycles. The minimum Gasteiger partial charge on any atom is -0.491 e. The predicted octanol–water partition coefficient (Wildman–Crippen LogP) is 1.82. The van der Waals surface area contributed by atoms with Gasteiger partial charge in [-0.3, -0.25) is 4.79 Å². The first-order valence-electron chi connectivity index (χ1n) is 5.70. The van der Waals surface area contributed by atoms with Gasteiger partial charge in [-0.2, -0.15) is 0 Å². The highest BCUT2D eigenvalue weighted by molar-refractivity contribution is 5.67. The van der Waals surface area contributed by atoms with Crippen molar-refractivity contribution in [3.05, 3.63) is 29.8 Å². The van der Waals surface area contributed by atoms with Crippen molar-refractivity contribution < 1.29 is 14.6 Å². The van der Waals surface area contributed by atoms with Gasteiger partial charge >= 0.3 is 5.97 Å². The molecule has 1 aromatic carbocycles. The topological polar surface area (TPSA) is 72.5 Å². The molecular weight excluding hydrogens is 218 g/mol.